The van der Waals surface area contributed by atoms with Crippen molar-refractivity contribution in [3.63, 3.8) is 0 Å². The van der Waals surface area contributed by atoms with Crippen molar-refractivity contribution in [2.24, 2.45) is 0 Å². The second-order valence-electron chi connectivity index (χ2n) is 5.01. The Hall–Kier alpha value is -1.54. The molecule has 5 heteroatoms. The molecule has 19 heavy (non-hydrogen) atoms. The molecule has 2 aliphatic heterocycles. The summed E-state index contributed by atoms with van der Waals surface area (Å²) in [6.07, 6.45) is 3.07. The summed E-state index contributed by atoms with van der Waals surface area (Å²) in [5.41, 5.74) is 0. The lowest BCUT2D eigenvalue weighted by Crippen LogP contribution is -2.55. The van der Waals surface area contributed by atoms with Gasteiger partial charge in [0.25, 0.3) is 5.91 Å². The van der Waals surface area contributed by atoms with Gasteiger partial charge in [-0.2, -0.15) is 0 Å². The third kappa shape index (κ3) is 3.48. The largest absolute Gasteiger partial charge is 0.355 e. The van der Waals surface area contributed by atoms with E-state index in [0.717, 1.165) is 38.9 Å². The summed E-state index contributed by atoms with van der Waals surface area (Å²) in [7, 11) is 0. The SMILES string of the molecule is CC#CC(=O)N1CCN(C2CCCCNC2=O)CC1. The molecule has 0 saturated carbocycles. The summed E-state index contributed by atoms with van der Waals surface area (Å²) < 4.78 is 0. The van der Waals surface area contributed by atoms with Gasteiger partial charge < -0.3 is 10.2 Å². The van der Waals surface area contributed by atoms with Crippen LogP contribution in [0.1, 0.15) is 26.2 Å². The number of hydrogen-bond acceptors (Lipinski definition) is 3. The molecule has 1 unspecified atom stereocenters. The molecule has 0 bridgehead atoms. The molecule has 0 radical (unpaired) electrons. The zero-order chi connectivity index (χ0) is 13.7. The maximum atomic E-state index is 12.0. The fourth-order valence-electron chi connectivity index (χ4n) is 2.69. The van der Waals surface area contributed by atoms with E-state index < -0.39 is 0 Å². The smallest absolute Gasteiger partial charge is 0.298 e. The van der Waals surface area contributed by atoms with Crippen LogP contribution in [0.3, 0.4) is 0 Å². The molecule has 5 nitrogen and oxygen atoms in total. The average Bonchev–Trinajstić information content (AvgIpc) is 2.64. The topological polar surface area (TPSA) is 52.7 Å². The van der Waals surface area contributed by atoms with E-state index in [1.165, 1.54) is 0 Å². The molecule has 1 N–H and O–H groups in total. The van der Waals surface area contributed by atoms with Gasteiger partial charge in [0.1, 0.15) is 0 Å². The number of carbonyl (C=O) groups excluding carboxylic acids is 2. The first-order valence-corrected chi connectivity index (χ1v) is 6.96. The molecule has 2 amide bonds. The van der Waals surface area contributed by atoms with Crippen LogP contribution in [-0.2, 0) is 9.59 Å². The highest BCUT2D eigenvalue weighted by Crippen LogP contribution is 2.14. The number of nitrogens with one attached hydrogen (secondary N) is 1. The standard InChI is InChI=1S/C14H21N3O2/c1-2-5-13(18)17-10-8-16(9-11-17)12-6-3-4-7-15-14(12)19/h12H,3-4,6-11H2,1H3,(H,15,19). The summed E-state index contributed by atoms with van der Waals surface area (Å²) in [6, 6.07) is -0.0167. The van der Waals surface area contributed by atoms with Crippen molar-refractivity contribution < 1.29 is 9.59 Å². The number of rotatable bonds is 1. The summed E-state index contributed by atoms with van der Waals surface area (Å²) >= 11 is 0. The monoisotopic (exact) mass is 263 g/mol. The van der Waals surface area contributed by atoms with Gasteiger partial charge in [-0.15, -0.1) is 0 Å². The van der Waals surface area contributed by atoms with E-state index in [1.54, 1.807) is 11.8 Å². The van der Waals surface area contributed by atoms with Crippen LogP contribution < -0.4 is 5.32 Å². The van der Waals surface area contributed by atoms with Crippen LogP contribution in [0.2, 0.25) is 0 Å². The number of piperazine rings is 1. The third-order valence-corrected chi connectivity index (χ3v) is 3.78. The molecule has 2 heterocycles. The quantitative estimate of drug-likeness (QED) is 0.668. The Morgan fingerprint density at radius 1 is 1.26 bits per heavy atom. The summed E-state index contributed by atoms with van der Waals surface area (Å²) in [5, 5.41) is 2.96. The van der Waals surface area contributed by atoms with E-state index in [4.69, 9.17) is 0 Å². The fraction of sp³-hybridized carbons (Fsp3) is 0.714. The molecule has 104 valence electrons. The molecule has 0 aromatic carbocycles. The molecular formula is C14H21N3O2. The van der Waals surface area contributed by atoms with Crippen LogP contribution in [-0.4, -0.2) is 60.4 Å². The number of hydrogen-bond donors (Lipinski definition) is 1. The lowest BCUT2D eigenvalue weighted by molar-refractivity contribution is -0.130. The van der Waals surface area contributed by atoms with Gasteiger partial charge in [0.2, 0.25) is 5.91 Å². The van der Waals surface area contributed by atoms with Crippen LogP contribution in [0.4, 0.5) is 0 Å². The Bertz CT molecular complexity index is 403. The second kappa shape index (κ2) is 6.58. The minimum absolute atomic E-state index is 0.0167. The maximum absolute atomic E-state index is 12.0. The van der Waals surface area contributed by atoms with Crippen molar-refractivity contribution >= 4 is 11.8 Å². The highest BCUT2D eigenvalue weighted by Gasteiger charge is 2.30. The van der Waals surface area contributed by atoms with Gasteiger partial charge in [0, 0.05) is 32.7 Å². The molecule has 0 aliphatic carbocycles. The van der Waals surface area contributed by atoms with Crippen molar-refractivity contribution in [1.29, 1.82) is 0 Å². The van der Waals surface area contributed by atoms with Gasteiger partial charge in [-0.3, -0.25) is 14.5 Å². The Morgan fingerprint density at radius 3 is 2.68 bits per heavy atom. The predicted octanol–water partition coefficient (Wildman–Crippen LogP) is -0.177. The molecule has 0 aromatic rings. The summed E-state index contributed by atoms with van der Waals surface area (Å²) in [6.45, 7) is 5.31. The molecule has 0 aromatic heterocycles. The first-order valence-electron chi connectivity index (χ1n) is 6.96. The number of amides is 2. The molecule has 2 rings (SSSR count). The van der Waals surface area contributed by atoms with Crippen LogP contribution in [0.25, 0.3) is 0 Å². The van der Waals surface area contributed by atoms with Crippen molar-refractivity contribution in [2.45, 2.75) is 32.2 Å². The Balaban J connectivity index is 1.89. The van der Waals surface area contributed by atoms with Crippen molar-refractivity contribution in [3.05, 3.63) is 0 Å². The van der Waals surface area contributed by atoms with Crippen molar-refractivity contribution in [1.82, 2.24) is 15.1 Å². The summed E-state index contributed by atoms with van der Waals surface area (Å²) in [5.74, 6) is 5.24. The predicted molar refractivity (Wildman–Crippen MR) is 72.3 cm³/mol. The zero-order valence-electron chi connectivity index (χ0n) is 11.4. The van der Waals surface area contributed by atoms with E-state index in [0.29, 0.717) is 13.1 Å². The molecular weight excluding hydrogens is 242 g/mol. The highest BCUT2D eigenvalue weighted by atomic mass is 16.2. The van der Waals surface area contributed by atoms with E-state index in [2.05, 4.69) is 22.1 Å². The van der Waals surface area contributed by atoms with Gasteiger partial charge in [0.05, 0.1) is 6.04 Å². The van der Waals surface area contributed by atoms with Crippen molar-refractivity contribution in [3.8, 4) is 11.8 Å². The Labute approximate surface area is 114 Å². The molecule has 2 aliphatic rings. The fourth-order valence-corrected chi connectivity index (χ4v) is 2.69. The van der Waals surface area contributed by atoms with Crippen LogP contribution >= 0.6 is 0 Å². The zero-order valence-corrected chi connectivity index (χ0v) is 11.4. The van der Waals surface area contributed by atoms with Gasteiger partial charge >= 0.3 is 0 Å². The van der Waals surface area contributed by atoms with Gasteiger partial charge in [-0.1, -0.05) is 5.92 Å². The molecule has 2 saturated heterocycles. The van der Waals surface area contributed by atoms with Crippen LogP contribution in [0, 0.1) is 11.8 Å². The highest BCUT2D eigenvalue weighted by molar-refractivity contribution is 5.93. The minimum Gasteiger partial charge on any atom is -0.355 e. The molecule has 1 atom stereocenters. The number of carbonyl (C=O) groups is 2. The van der Waals surface area contributed by atoms with E-state index >= 15 is 0 Å². The maximum Gasteiger partial charge on any atom is 0.298 e. The van der Waals surface area contributed by atoms with E-state index in [-0.39, 0.29) is 17.9 Å². The lowest BCUT2D eigenvalue weighted by Gasteiger charge is -2.37. The second-order valence-corrected chi connectivity index (χ2v) is 5.01. The van der Waals surface area contributed by atoms with Crippen LogP contribution in [0.5, 0.6) is 0 Å². The number of nitrogens with zero attached hydrogens (tertiary/aromatic N) is 2. The lowest BCUT2D eigenvalue weighted by atomic mass is 10.1. The van der Waals surface area contributed by atoms with Gasteiger partial charge in [-0.05, 0) is 32.1 Å². The van der Waals surface area contributed by atoms with Crippen molar-refractivity contribution in [2.75, 3.05) is 32.7 Å². The van der Waals surface area contributed by atoms with Crippen LogP contribution in [0.15, 0.2) is 0 Å². The third-order valence-electron chi connectivity index (χ3n) is 3.78. The van der Waals surface area contributed by atoms with Gasteiger partial charge in [0.15, 0.2) is 0 Å². The Morgan fingerprint density at radius 2 is 2.00 bits per heavy atom. The average molecular weight is 263 g/mol. The first kappa shape index (κ1) is 13.9. The summed E-state index contributed by atoms with van der Waals surface area (Å²) in [4.78, 5) is 27.6. The minimum atomic E-state index is -0.104. The van der Waals surface area contributed by atoms with E-state index in [9.17, 15) is 9.59 Å². The van der Waals surface area contributed by atoms with E-state index in [1.807, 2.05) is 0 Å². The molecule has 2 fully saturated rings. The molecule has 0 spiro atoms. The van der Waals surface area contributed by atoms with Gasteiger partial charge in [-0.25, -0.2) is 0 Å². The Kier molecular flexibility index (Phi) is 4.80. The first-order chi connectivity index (χ1) is 9.22. The normalized spacial score (nSPS) is 25.0.